The van der Waals surface area contributed by atoms with Crippen LogP contribution in [0.2, 0.25) is 0 Å². The topological polar surface area (TPSA) is 80.2 Å². The van der Waals surface area contributed by atoms with E-state index < -0.39 is 9.84 Å². The number of rotatable bonds is 9. The monoisotopic (exact) mass is 507 g/mol. The minimum atomic E-state index is -3.45. The van der Waals surface area contributed by atoms with Crippen LogP contribution in [0.15, 0.2) is 71.8 Å². The van der Waals surface area contributed by atoms with Gasteiger partial charge in [-0.3, -0.25) is 14.7 Å². The van der Waals surface area contributed by atoms with Crippen molar-refractivity contribution in [3.63, 3.8) is 0 Å². The number of benzene rings is 2. The molecule has 4 rings (SSSR count). The standard InChI is InChI=1S/C27H29N3O3S2/c1-19(2)23-9-6-10-24-26(23)29-27(34-24)30(18-21-8-4-5-16-28-21)25(31)11-7-17-35(32,33)22-14-12-20(3)13-15-22/h4-6,8-10,12-16,19H,7,11,17-18H2,1-3H3. The number of thiazole rings is 1. The zero-order valence-electron chi connectivity index (χ0n) is 20.1. The van der Waals surface area contributed by atoms with Gasteiger partial charge in [0.2, 0.25) is 5.91 Å². The van der Waals surface area contributed by atoms with Gasteiger partial charge in [-0.1, -0.05) is 61.1 Å². The summed E-state index contributed by atoms with van der Waals surface area (Å²) in [7, 11) is -3.45. The highest BCUT2D eigenvalue weighted by Crippen LogP contribution is 2.34. The van der Waals surface area contributed by atoms with E-state index in [0.29, 0.717) is 11.0 Å². The number of aromatic nitrogens is 2. The van der Waals surface area contributed by atoms with Crippen LogP contribution in [0.1, 0.15) is 49.4 Å². The molecule has 8 heteroatoms. The molecule has 0 aliphatic rings. The minimum absolute atomic E-state index is 0.0867. The van der Waals surface area contributed by atoms with Crippen LogP contribution in [0.3, 0.4) is 0 Å². The van der Waals surface area contributed by atoms with Crippen molar-refractivity contribution in [1.82, 2.24) is 9.97 Å². The molecule has 35 heavy (non-hydrogen) atoms. The summed E-state index contributed by atoms with van der Waals surface area (Å²) in [5.74, 6) is 0.0526. The van der Waals surface area contributed by atoms with Crippen LogP contribution in [0.25, 0.3) is 10.2 Å². The highest BCUT2D eigenvalue weighted by Gasteiger charge is 2.23. The molecule has 0 fully saturated rings. The van der Waals surface area contributed by atoms with E-state index in [0.717, 1.165) is 27.0 Å². The third kappa shape index (κ3) is 5.94. The Labute approximate surface area is 210 Å². The van der Waals surface area contributed by atoms with E-state index in [2.05, 4.69) is 24.9 Å². The van der Waals surface area contributed by atoms with Gasteiger partial charge in [0.1, 0.15) is 0 Å². The first-order chi connectivity index (χ1) is 16.7. The first-order valence-electron chi connectivity index (χ1n) is 11.6. The van der Waals surface area contributed by atoms with Crippen LogP contribution in [-0.2, 0) is 21.2 Å². The fourth-order valence-corrected chi connectivity index (χ4v) is 6.20. The number of para-hydroxylation sites is 1. The van der Waals surface area contributed by atoms with Crippen molar-refractivity contribution < 1.29 is 13.2 Å². The first-order valence-corrected chi connectivity index (χ1v) is 14.1. The van der Waals surface area contributed by atoms with E-state index in [1.807, 2.05) is 37.3 Å². The van der Waals surface area contributed by atoms with E-state index >= 15 is 0 Å². The van der Waals surface area contributed by atoms with E-state index in [1.165, 1.54) is 11.3 Å². The molecular formula is C27H29N3O3S2. The van der Waals surface area contributed by atoms with Crippen LogP contribution < -0.4 is 4.90 Å². The molecule has 6 nitrogen and oxygen atoms in total. The maximum absolute atomic E-state index is 13.4. The highest BCUT2D eigenvalue weighted by atomic mass is 32.2. The zero-order valence-corrected chi connectivity index (χ0v) is 21.8. The van der Waals surface area contributed by atoms with E-state index in [9.17, 15) is 13.2 Å². The second kappa shape index (κ2) is 10.7. The van der Waals surface area contributed by atoms with Gasteiger partial charge in [0, 0.05) is 12.6 Å². The average Bonchev–Trinajstić information content (AvgIpc) is 3.27. The van der Waals surface area contributed by atoms with Gasteiger partial charge >= 0.3 is 0 Å². The van der Waals surface area contributed by atoms with Gasteiger partial charge in [0.15, 0.2) is 15.0 Å². The quantitative estimate of drug-likeness (QED) is 0.281. The normalized spacial score (nSPS) is 11.8. The number of carbonyl (C=O) groups is 1. The number of amides is 1. The third-order valence-corrected chi connectivity index (χ3v) is 8.68. The number of sulfone groups is 1. The lowest BCUT2D eigenvalue weighted by Gasteiger charge is -2.19. The Morgan fingerprint density at radius 3 is 2.49 bits per heavy atom. The molecule has 0 aliphatic carbocycles. The first kappa shape index (κ1) is 25.0. The summed E-state index contributed by atoms with van der Waals surface area (Å²) < 4.78 is 26.5. The van der Waals surface area contributed by atoms with Gasteiger partial charge in [-0.2, -0.15) is 0 Å². The summed E-state index contributed by atoms with van der Waals surface area (Å²) >= 11 is 1.47. The molecule has 0 saturated heterocycles. The fraction of sp³-hybridized carbons (Fsp3) is 0.296. The number of fused-ring (bicyclic) bond motifs is 1. The van der Waals surface area contributed by atoms with Crippen molar-refractivity contribution in [1.29, 1.82) is 0 Å². The Hall–Kier alpha value is -3.10. The lowest BCUT2D eigenvalue weighted by molar-refractivity contribution is -0.118. The van der Waals surface area contributed by atoms with Crippen molar-refractivity contribution in [2.75, 3.05) is 10.7 Å². The third-order valence-electron chi connectivity index (χ3n) is 5.82. The Morgan fingerprint density at radius 1 is 1.03 bits per heavy atom. The Kier molecular flexibility index (Phi) is 7.62. The number of pyridine rings is 1. The van der Waals surface area contributed by atoms with Gasteiger partial charge in [-0.15, -0.1) is 0 Å². The average molecular weight is 508 g/mol. The molecule has 0 radical (unpaired) electrons. The second-order valence-corrected chi connectivity index (χ2v) is 12.0. The molecule has 0 bridgehead atoms. The van der Waals surface area contributed by atoms with Crippen LogP contribution >= 0.6 is 11.3 Å². The number of hydrogen-bond donors (Lipinski definition) is 0. The van der Waals surface area contributed by atoms with Crippen LogP contribution in [0, 0.1) is 6.92 Å². The maximum atomic E-state index is 13.4. The van der Waals surface area contributed by atoms with Crippen LogP contribution in [0.5, 0.6) is 0 Å². The number of hydrogen-bond acceptors (Lipinski definition) is 6. The largest absolute Gasteiger partial charge is 0.282 e. The number of aryl methyl sites for hydroxylation is 1. The molecule has 2 aromatic carbocycles. The Balaban J connectivity index is 1.56. The van der Waals surface area contributed by atoms with Gasteiger partial charge in [0.25, 0.3) is 0 Å². The van der Waals surface area contributed by atoms with Crippen LogP contribution in [-0.4, -0.2) is 30.0 Å². The van der Waals surface area contributed by atoms with Gasteiger partial charge in [-0.25, -0.2) is 13.4 Å². The van der Waals surface area contributed by atoms with Crippen molar-refractivity contribution >= 4 is 42.4 Å². The minimum Gasteiger partial charge on any atom is -0.282 e. The molecule has 0 N–H and O–H groups in total. The Bertz CT molecular complexity index is 1410. The lowest BCUT2D eigenvalue weighted by atomic mass is 10.0. The molecule has 0 saturated carbocycles. The molecule has 0 unspecified atom stereocenters. The van der Waals surface area contributed by atoms with Crippen molar-refractivity contribution in [2.45, 2.75) is 51.0 Å². The smallest absolute Gasteiger partial charge is 0.229 e. The Morgan fingerprint density at radius 2 is 1.80 bits per heavy atom. The van der Waals surface area contributed by atoms with Gasteiger partial charge in [-0.05, 0) is 55.2 Å². The molecule has 0 aliphatic heterocycles. The molecule has 182 valence electrons. The molecule has 0 atom stereocenters. The molecule has 2 heterocycles. The summed E-state index contributed by atoms with van der Waals surface area (Å²) in [4.78, 5) is 24.5. The summed E-state index contributed by atoms with van der Waals surface area (Å²) in [6.45, 7) is 6.44. The summed E-state index contributed by atoms with van der Waals surface area (Å²) in [6, 6.07) is 18.5. The summed E-state index contributed by atoms with van der Waals surface area (Å²) in [5, 5.41) is 0.602. The predicted octanol–water partition coefficient (Wildman–Crippen LogP) is 5.91. The van der Waals surface area contributed by atoms with E-state index in [1.54, 1.807) is 35.4 Å². The molecule has 2 aromatic heterocycles. The van der Waals surface area contributed by atoms with Crippen molar-refractivity contribution in [3.8, 4) is 0 Å². The van der Waals surface area contributed by atoms with Crippen LogP contribution in [0.4, 0.5) is 5.13 Å². The second-order valence-electron chi connectivity index (χ2n) is 8.88. The summed E-state index contributed by atoms with van der Waals surface area (Å²) in [5.41, 5.74) is 3.79. The van der Waals surface area contributed by atoms with Gasteiger partial charge in [0.05, 0.1) is 33.1 Å². The SMILES string of the molecule is Cc1ccc(S(=O)(=O)CCCC(=O)N(Cc2ccccn2)c2nc3c(C(C)C)cccc3s2)cc1. The molecular weight excluding hydrogens is 478 g/mol. The summed E-state index contributed by atoms with van der Waals surface area (Å²) in [6.07, 6.45) is 2.03. The van der Waals surface area contributed by atoms with E-state index in [-0.39, 0.29) is 35.9 Å². The maximum Gasteiger partial charge on any atom is 0.229 e. The van der Waals surface area contributed by atoms with Crippen molar-refractivity contribution in [2.24, 2.45) is 0 Å². The zero-order chi connectivity index (χ0) is 25.0. The van der Waals surface area contributed by atoms with E-state index in [4.69, 9.17) is 4.98 Å². The predicted molar refractivity (Wildman–Crippen MR) is 142 cm³/mol. The fourth-order valence-electron chi connectivity index (χ4n) is 3.87. The highest BCUT2D eigenvalue weighted by molar-refractivity contribution is 7.91. The molecule has 1 amide bonds. The lowest BCUT2D eigenvalue weighted by Crippen LogP contribution is -2.31. The number of carbonyl (C=O) groups excluding carboxylic acids is 1. The number of nitrogens with zero attached hydrogens (tertiary/aromatic N) is 3. The molecule has 4 aromatic rings. The number of anilines is 1. The van der Waals surface area contributed by atoms with Crippen molar-refractivity contribution in [3.05, 3.63) is 83.7 Å². The molecule has 0 spiro atoms. The van der Waals surface area contributed by atoms with Gasteiger partial charge < -0.3 is 0 Å².